The molecule has 5 aliphatic rings. The smallest absolute Gasteiger partial charge is 0.332 e. The lowest BCUT2D eigenvalue weighted by molar-refractivity contribution is -0.249. The van der Waals surface area contributed by atoms with Gasteiger partial charge in [-0.1, -0.05) is 53.3 Å². The van der Waals surface area contributed by atoms with Gasteiger partial charge in [0.1, 0.15) is 6.10 Å². The van der Waals surface area contributed by atoms with E-state index in [1.807, 2.05) is 0 Å². The summed E-state index contributed by atoms with van der Waals surface area (Å²) in [7, 11) is 0. The maximum Gasteiger partial charge on any atom is 0.332 e. The predicted molar refractivity (Wildman–Crippen MR) is 180 cm³/mol. The van der Waals surface area contributed by atoms with Crippen molar-refractivity contribution in [2.24, 2.45) is 56.7 Å². The minimum Gasteiger partial charge on any atom is -0.481 e. The summed E-state index contributed by atoms with van der Waals surface area (Å²) >= 11 is 0. The molecule has 0 aromatic rings. The van der Waals surface area contributed by atoms with Crippen LogP contribution in [-0.4, -0.2) is 67.4 Å². The molecule has 5 saturated carbocycles. The maximum absolute atomic E-state index is 10.9. The molecule has 268 valence electrons. The number of carbonyl (C=O) groups is 3. The average molecular weight is 663 g/mol. The highest BCUT2D eigenvalue weighted by molar-refractivity contribution is 5.91. The molecule has 5 fully saturated rings. The minimum absolute atomic E-state index is 0.0290. The Morgan fingerprint density at radius 3 is 1.87 bits per heavy atom. The second-order valence-electron chi connectivity index (χ2n) is 17.1. The molecule has 6 N–H and O–H groups in total. The fourth-order valence-electron chi connectivity index (χ4n) is 11.8. The zero-order valence-electron chi connectivity index (χ0n) is 29.8. The number of aliphatic hydroxyl groups is 3. The molecule has 0 amide bonds. The van der Waals surface area contributed by atoms with Crippen LogP contribution >= 0.6 is 0 Å². The zero-order valence-corrected chi connectivity index (χ0v) is 29.8. The third-order valence-electron chi connectivity index (χ3n) is 14.6. The molecule has 0 saturated heterocycles. The highest BCUT2D eigenvalue weighted by atomic mass is 16.4. The van der Waals surface area contributed by atoms with Gasteiger partial charge in [0.05, 0.1) is 12.5 Å². The Bertz CT molecular complexity index is 1220. The lowest BCUT2D eigenvalue weighted by atomic mass is 9.32. The van der Waals surface area contributed by atoms with Crippen molar-refractivity contribution >= 4 is 17.9 Å². The Labute approximate surface area is 281 Å². The lowest BCUT2D eigenvalue weighted by Gasteiger charge is -2.73. The number of aliphatic carboxylic acids is 3. The fourth-order valence-corrected chi connectivity index (χ4v) is 11.8. The largest absolute Gasteiger partial charge is 0.481 e. The van der Waals surface area contributed by atoms with E-state index in [0.717, 1.165) is 18.3 Å². The van der Waals surface area contributed by atoms with Crippen LogP contribution in [-0.2, 0) is 14.4 Å². The SMILES string of the molecule is C=C(C)[C@@H]1CC[C@]2(CO)CC[C@]3(C)[C@H](CC[C@@H]4[C@@]5(C)CC[C@H](O)C(C)(C)[C@@H]5CC[C@]43C)[C@@H]12.C=C(CC(=O)O)C(=O)O.CC(O)C(=O)O. The van der Waals surface area contributed by atoms with Gasteiger partial charge in [-0.3, -0.25) is 4.79 Å². The van der Waals surface area contributed by atoms with Crippen molar-refractivity contribution in [2.45, 2.75) is 131 Å². The van der Waals surface area contributed by atoms with Crippen LogP contribution in [0.3, 0.4) is 0 Å². The minimum atomic E-state index is -1.27. The molecule has 0 spiro atoms. The first kappa shape index (κ1) is 39.2. The molecule has 0 aliphatic heterocycles. The van der Waals surface area contributed by atoms with Gasteiger partial charge in [-0.2, -0.15) is 0 Å². The van der Waals surface area contributed by atoms with E-state index in [4.69, 9.17) is 20.4 Å². The van der Waals surface area contributed by atoms with Crippen molar-refractivity contribution in [3.63, 3.8) is 0 Å². The van der Waals surface area contributed by atoms with E-state index in [1.54, 1.807) is 0 Å². The van der Waals surface area contributed by atoms with Crippen molar-refractivity contribution < 1.29 is 45.0 Å². The molecule has 0 radical (unpaired) electrons. The number of hydrogen-bond donors (Lipinski definition) is 6. The quantitative estimate of drug-likeness (QED) is 0.136. The monoisotopic (exact) mass is 662 g/mol. The standard InChI is InChI=1S/C30H50O2.C5H6O4.C3H6O3/c1-19(2)20-10-15-30(18-31)17-16-28(6)21(25(20)30)8-9-23-27(5)13-12-24(32)26(3,4)22(27)11-14-29(23,28)7;1-3(5(8)9)2-4(6)7;1-2(4)3(5)6/h20-25,31-32H,1,8-18H2,2-7H3;1-2H2,(H,6,7)(H,8,9);2,4H,1H3,(H,5,6)/t20-,21+,22-,23+,24-,25+,27-,28+,29+,30+;;/m0../s1. The van der Waals surface area contributed by atoms with Crippen molar-refractivity contribution in [3.8, 4) is 0 Å². The second kappa shape index (κ2) is 13.9. The molecule has 11 atom stereocenters. The number of aliphatic hydroxyl groups excluding tert-OH is 3. The van der Waals surface area contributed by atoms with Crippen LogP contribution in [0.5, 0.6) is 0 Å². The molecule has 0 aromatic carbocycles. The van der Waals surface area contributed by atoms with Crippen LogP contribution in [0, 0.1) is 56.7 Å². The van der Waals surface area contributed by atoms with Gasteiger partial charge in [-0.25, -0.2) is 9.59 Å². The summed E-state index contributed by atoms with van der Waals surface area (Å²) in [5.74, 6) is -0.301. The summed E-state index contributed by atoms with van der Waals surface area (Å²) in [6, 6.07) is 0. The lowest BCUT2D eigenvalue weighted by Crippen LogP contribution is -2.66. The van der Waals surface area contributed by atoms with Crippen molar-refractivity contribution in [3.05, 3.63) is 24.3 Å². The second-order valence-corrected chi connectivity index (χ2v) is 17.1. The van der Waals surface area contributed by atoms with E-state index in [2.05, 4.69) is 54.7 Å². The Balaban J connectivity index is 0.000000335. The third kappa shape index (κ3) is 6.83. The van der Waals surface area contributed by atoms with Crippen LogP contribution in [0.1, 0.15) is 119 Å². The Kier molecular flexibility index (Phi) is 11.6. The number of hydrogen-bond acceptors (Lipinski definition) is 6. The van der Waals surface area contributed by atoms with Crippen LogP contribution < -0.4 is 0 Å². The van der Waals surface area contributed by atoms with Crippen molar-refractivity contribution in [2.75, 3.05) is 6.61 Å². The van der Waals surface area contributed by atoms with Crippen molar-refractivity contribution in [1.82, 2.24) is 0 Å². The van der Waals surface area contributed by atoms with Gasteiger partial charge in [0.2, 0.25) is 0 Å². The van der Waals surface area contributed by atoms with Gasteiger partial charge < -0.3 is 30.6 Å². The number of fused-ring (bicyclic) bond motifs is 7. The normalized spacial score (nSPS) is 41.8. The summed E-state index contributed by atoms with van der Waals surface area (Å²) in [5.41, 5.74) is 2.30. The first-order valence-corrected chi connectivity index (χ1v) is 17.5. The maximum atomic E-state index is 10.9. The number of allylic oxidation sites excluding steroid dienone is 1. The summed E-state index contributed by atoms with van der Waals surface area (Å²) in [4.78, 5) is 29.1. The molecule has 0 aromatic heterocycles. The summed E-state index contributed by atoms with van der Waals surface area (Å²) in [6.07, 6.45) is 10.5. The van der Waals surface area contributed by atoms with E-state index >= 15 is 0 Å². The molecular formula is C38H62O9. The number of carboxylic acids is 3. The van der Waals surface area contributed by atoms with Gasteiger partial charge in [0.15, 0.2) is 0 Å². The Morgan fingerprint density at radius 1 is 0.809 bits per heavy atom. The summed E-state index contributed by atoms with van der Waals surface area (Å²) in [6.45, 7) is 23.9. The van der Waals surface area contributed by atoms with E-state index in [-0.39, 0.29) is 22.5 Å². The Hall–Kier alpha value is -2.23. The van der Waals surface area contributed by atoms with E-state index in [0.29, 0.717) is 40.6 Å². The predicted octanol–water partition coefficient (Wildman–Crippen LogP) is 6.55. The third-order valence-corrected chi connectivity index (χ3v) is 14.6. The molecule has 0 bridgehead atoms. The van der Waals surface area contributed by atoms with Gasteiger partial charge in [0.25, 0.3) is 0 Å². The number of carboxylic acid groups (broad SMARTS) is 3. The van der Waals surface area contributed by atoms with Gasteiger partial charge in [-0.05, 0) is 135 Å². The van der Waals surface area contributed by atoms with E-state index in [1.165, 1.54) is 70.3 Å². The van der Waals surface area contributed by atoms with E-state index < -0.39 is 30.4 Å². The molecule has 0 heterocycles. The van der Waals surface area contributed by atoms with Gasteiger partial charge >= 0.3 is 17.9 Å². The summed E-state index contributed by atoms with van der Waals surface area (Å²) in [5, 5.41) is 53.4. The van der Waals surface area contributed by atoms with Crippen LogP contribution in [0.15, 0.2) is 24.3 Å². The number of rotatable bonds is 6. The van der Waals surface area contributed by atoms with E-state index in [9.17, 15) is 24.6 Å². The first-order valence-electron chi connectivity index (χ1n) is 17.5. The van der Waals surface area contributed by atoms with Crippen LogP contribution in [0.4, 0.5) is 0 Å². The molecule has 5 aliphatic carbocycles. The molecular weight excluding hydrogens is 600 g/mol. The molecule has 5 rings (SSSR count). The topological polar surface area (TPSA) is 173 Å². The molecule has 1 unspecified atom stereocenters. The molecule has 9 nitrogen and oxygen atoms in total. The van der Waals surface area contributed by atoms with Gasteiger partial charge in [0, 0.05) is 12.2 Å². The highest BCUT2D eigenvalue weighted by Crippen LogP contribution is 2.77. The Morgan fingerprint density at radius 2 is 1.40 bits per heavy atom. The average Bonchev–Trinajstić information content (AvgIpc) is 3.36. The van der Waals surface area contributed by atoms with Crippen molar-refractivity contribution in [1.29, 1.82) is 0 Å². The molecule has 47 heavy (non-hydrogen) atoms. The fraction of sp³-hybridized carbons (Fsp3) is 0.816. The van der Waals surface area contributed by atoms with Crippen LogP contribution in [0.2, 0.25) is 0 Å². The molecule has 9 heteroatoms. The van der Waals surface area contributed by atoms with Crippen LogP contribution in [0.25, 0.3) is 0 Å². The first-order chi connectivity index (χ1) is 21.6. The highest BCUT2D eigenvalue weighted by Gasteiger charge is 2.70. The zero-order chi connectivity index (χ0) is 35.9. The summed E-state index contributed by atoms with van der Waals surface area (Å²) < 4.78 is 0. The van der Waals surface area contributed by atoms with Gasteiger partial charge in [-0.15, -0.1) is 0 Å².